The lowest BCUT2D eigenvalue weighted by molar-refractivity contribution is 0.221. The van der Waals surface area contributed by atoms with Crippen LogP contribution in [0.25, 0.3) is 0 Å². The maximum atomic E-state index is 2.47. The molecule has 0 amide bonds. The smallest absolute Gasteiger partial charge is 0.0383 e. The number of hydrogen-bond acceptors (Lipinski definition) is 0. The highest BCUT2D eigenvalue weighted by Crippen LogP contribution is 2.33. The first-order valence-electron chi connectivity index (χ1n) is 9.12. The van der Waals surface area contributed by atoms with Crippen LogP contribution in [0, 0.1) is 23.7 Å². The summed E-state index contributed by atoms with van der Waals surface area (Å²) >= 11 is 0. The van der Waals surface area contributed by atoms with E-state index in [0.717, 1.165) is 23.7 Å². The quantitative estimate of drug-likeness (QED) is 0.354. The van der Waals surface area contributed by atoms with E-state index in [1.165, 1.54) is 57.8 Å². The molecule has 0 spiro atoms. The van der Waals surface area contributed by atoms with E-state index < -0.39 is 0 Å². The third-order valence-electron chi connectivity index (χ3n) is 5.30. The first kappa shape index (κ1) is 19.0. The van der Waals surface area contributed by atoms with Gasteiger partial charge in [-0.15, -0.1) is 0 Å². The Hall–Kier alpha value is 0. The lowest BCUT2D eigenvalue weighted by Crippen LogP contribution is -2.18. The first-order valence-corrected chi connectivity index (χ1v) is 9.12. The second kappa shape index (κ2) is 11.8. The summed E-state index contributed by atoms with van der Waals surface area (Å²) in [5, 5.41) is 0. The molecule has 0 heteroatoms. The Labute approximate surface area is 123 Å². The van der Waals surface area contributed by atoms with Crippen molar-refractivity contribution >= 4 is 0 Å². The van der Waals surface area contributed by atoms with E-state index in [2.05, 4.69) is 41.5 Å². The van der Waals surface area contributed by atoms with Crippen LogP contribution in [0.4, 0.5) is 0 Å². The van der Waals surface area contributed by atoms with Crippen LogP contribution < -0.4 is 0 Å². The molecule has 0 saturated heterocycles. The normalized spacial score (nSPS) is 15.2. The molecule has 0 aliphatic carbocycles. The van der Waals surface area contributed by atoms with Gasteiger partial charge in [-0.3, -0.25) is 0 Å². The lowest BCUT2D eigenvalue weighted by Gasteiger charge is -2.29. The van der Waals surface area contributed by atoms with Crippen molar-refractivity contribution in [2.75, 3.05) is 0 Å². The largest absolute Gasteiger partial charge is 0.0654 e. The molecule has 0 fully saturated rings. The van der Waals surface area contributed by atoms with Crippen LogP contribution in [-0.4, -0.2) is 0 Å². The second-order valence-corrected chi connectivity index (χ2v) is 6.73. The molecule has 0 aromatic heterocycles. The van der Waals surface area contributed by atoms with Crippen LogP contribution in [-0.2, 0) is 0 Å². The first-order chi connectivity index (χ1) is 9.12. The number of rotatable bonds is 12. The Morgan fingerprint density at radius 1 is 0.632 bits per heavy atom. The third kappa shape index (κ3) is 8.00. The molecule has 0 aliphatic rings. The molecule has 0 N–H and O–H groups in total. The fourth-order valence-electron chi connectivity index (χ4n) is 3.78. The third-order valence-corrected chi connectivity index (χ3v) is 5.30. The van der Waals surface area contributed by atoms with Crippen molar-refractivity contribution in [1.29, 1.82) is 0 Å². The maximum Gasteiger partial charge on any atom is -0.0383 e. The molecule has 0 aromatic rings. The van der Waals surface area contributed by atoms with Gasteiger partial charge in [-0.2, -0.15) is 0 Å². The Morgan fingerprint density at radius 3 is 1.63 bits per heavy atom. The molecule has 0 rings (SSSR count). The minimum atomic E-state index is 0.928. The fourth-order valence-corrected chi connectivity index (χ4v) is 3.78. The molecular weight excluding hydrogens is 228 g/mol. The van der Waals surface area contributed by atoms with Crippen molar-refractivity contribution in [3.05, 3.63) is 0 Å². The van der Waals surface area contributed by atoms with Crippen molar-refractivity contribution in [2.45, 2.75) is 99.3 Å². The Balaban J connectivity index is 4.39. The predicted octanol–water partition coefficient (Wildman–Crippen LogP) is 7.08. The second-order valence-electron chi connectivity index (χ2n) is 6.73. The highest BCUT2D eigenvalue weighted by atomic mass is 14.3. The minimum absolute atomic E-state index is 0.928. The van der Waals surface area contributed by atoms with Gasteiger partial charge in [0.15, 0.2) is 0 Å². The van der Waals surface area contributed by atoms with Gasteiger partial charge in [0.25, 0.3) is 0 Å². The SMILES string of the molecule is CCCC(C)CC(CCC(CC)CC)C(CC)CC. The average molecular weight is 269 g/mol. The van der Waals surface area contributed by atoms with Crippen LogP contribution in [0.5, 0.6) is 0 Å². The fraction of sp³-hybridized carbons (Fsp3) is 1.00. The highest BCUT2D eigenvalue weighted by molar-refractivity contribution is 4.72. The zero-order valence-electron chi connectivity index (χ0n) is 14.7. The van der Waals surface area contributed by atoms with E-state index in [4.69, 9.17) is 0 Å². The Bertz CT molecular complexity index is 176. The molecule has 0 aliphatic heterocycles. The molecule has 116 valence electrons. The summed E-state index contributed by atoms with van der Waals surface area (Å²) in [4.78, 5) is 0. The summed E-state index contributed by atoms with van der Waals surface area (Å²) < 4.78 is 0. The maximum absolute atomic E-state index is 2.47. The molecule has 0 nitrogen and oxygen atoms in total. The van der Waals surface area contributed by atoms with Gasteiger partial charge in [0.2, 0.25) is 0 Å². The van der Waals surface area contributed by atoms with Crippen molar-refractivity contribution in [3.63, 3.8) is 0 Å². The number of hydrogen-bond donors (Lipinski definition) is 0. The monoisotopic (exact) mass is 268 g/mol. The van der Waals surface area contributed by atoms with Gasteiger partial charge >= 0.3 is 0 Å². The Kier molecular flexibility index (Phi) is 11.8. The van der Waals surface area contributed by atoms with Gasteiger partial charge in [0.05, 0.1) is 0 Å². The van der Waals surface area contributed by atoms with E-state index in [0.29, 0.717) is 0 Å². The van der Waals surface area contributed by atoms with E-state index in [-0.39, 0.29) is 0 Å². The van der Waals surface area contributed by atoms with Gasteiger partial charge in [-0.05, 0) is 36.5 Å². The summed E-state index contributed by atoms with van der Waals surface area (Å²) in [7, 11) is 0. The van der Waals surface area contributed by atoms with Crippen LogP contribution in [0.15, 0.2) is 0 Å². The predicted molar refractivity (Wildman–Crippen MR) is 89.6 cm³/mol. The minimum Gasteiger partial charge on any atom is -0.0654 e. The summed E-state index contributed by atoms with van der Waals surface area (Å²) in [6.07, 6.45) is 12.7. The molecule has 2 unspecified atom stereocenters. The van der Waals surface area contributed by atoms with Gasteiger partial charge in [0, 0.05) is 0 Å². The lowest BCUT2D eigenvalue weighted by atomic mass is 9.77. The summed E-state index contributed by atoms with van der Waals surface area (Å²) in [5.74, 6) is 3.85. The van der Waals surface area contributed by atoms with E-state index in [1.807, 2.05) is 0 Å². The zero-order chi connectivity index (χ0) is 14.7. The van der Waals surface area contributed by atoms with E-state index >= 15 is 0 Å². The van der Waals surface area contributed by atoms with Crippen molar-refractivity contribution in [1.82, 2.24) is 0 Å². The molecular formula is C19H40. The molecule has 0 heterocycles. The molecule has 0 aromatic carbocycles. The Morgan fingerprint density at radius 2 is 1.21 bits per heavy atom. The van der Waals surface area contributed by atoms with Crippen LogP contribution in [0.1, 0.15) is 99.3 Å². The summed E-state index contributed by atoms with van der Waals surface area (Å²) in [6, 6.07) is 0. The molecule has 19 heavy (non-hydrogen) atoms. The molecule has 0 saturated carbocycles. The van der Waals surface area contributed by atoms with Crippen molar-refractivity contribution < 1.29 is 0 Å². The highest BCUT2D eigenvalue weighted by Gasteiger charge is 2.21. The topological polar surface area (TPSA) is 0 Å². The van der Waals surface area contributed by atoms with Crippen LogP contribution >= 0.6 is 0 Å². The van der Waals surface area contributed by atoms with Gasteiger partial charge in [-0.25, -0.2) is 0 Å². The van der Waals surface area contributed by atoms with Gasteiger partial charge in [0.1, 0.15) is 0 Å². The summed E-state index contributed by atoms with van der Waals surface area (Å²) in [6.45, 7) is 14.3. The van der Waals surface area contributed by atoms with Crippen LogP contribution in [0.2, 0.25) is 0 Å². The van der Waals surface area contributed by atoms with E-state index in [1.54, 1.807) is 0 Å². The molecule has 2 atom stereocenters. The summed E-state index contributed by atoms with van der Waals surface area (Å²) in [5.41, 5.74) is 0. The van der Waals surface area contributed by atoms with Crippen LogP contribution in [0.3, 0.4) is 0 Å². The van der Waals surface area contributed by atoms with Gasteiger partial charge in [-0.1, -0.05) is 86.5 Å². The van der Waals surface area contributed by atoms with Crippen molar-refractivity contribution in [3.8, 4) is 0 Å². The van der Waals surface area contributed by atoms with Crippen molar-refractivity contribution in [2.24, 2.45) is 23.7 Å². The molecule has 0 radical (unpaired) electrons. The van der Waals surface area contributed by atoms with Gasteiger partial charge < -0.3 is 0 Å². The molecule has 0 bridgehead atoms. The zero-order valence-corrected chi connectivity index (χ0v) is 14.7. The standard InChI is InChI=1S/C19H40/c1-7-12-16(6)15-19(18(10-4)11-5)14-13-17(8-2)9-3/h16-19H,7-15H2,1-6H3. The van der Waals surface area contributed by atoms with E-state index in [9.17, 15) is 0 Å². The average Bonchev–Trinajstić information content (AvgIpc) is 2.41.